The third kappa shape index (κ3) is 4.92. The van der Waals surface area contributed by atoms with E-state index in [0.717, 1.165) is 25.2 Å². The van der Waals surface area contributed by atoms with Gasteiger partial charge in [-0.05, 0) is 31.5 Å². The van der Waals surface area contributed by atoms with Crippen LogP contribution in [0.2, 0.25) is 0 Å². The highest BCUT2D eigenvalue weighted by Gasteiger charge is 2.30. The Morgan fingerprint density at radius 1 is 1.42 bits per heavy atom. The summed E-state index contributed by atoms with van der Waals surface area (Å²) in [5, 5.41) is 3.24. The molecule has 1 atom stereocenters. The monoisotopic (exact) mass is 270 g/mol. The lowest BCUT2D eigenvalue weighted by atomic mass is 10.1. The Balaban J connectivity index is 2.81. The molecule has 1 N–H and O–H groups in total. The zero-order valence-electron chi connectivity index (χ0n) is 10.8. The van der Waals surface area contributed by atoms with Crippen LogP contribution in [0, 0.1) is 12.3 Å². The molecule has 0 radical (unpaired) electrons. The molecule has 0 saturated carbocycles. The molecule has 1 rings (SSSR count). The maximum Gasteiger partial charge on any atom is 0.417 e. The molecule has 0 spiro atoms. The number of aromatic nitrogens is 1. The van der Waals surface area contributed by atoms with Crippen LogP contribution in [0.5, 0.6) is 0 Å². The Labute approximate surface area is 111 Å². The van der Waals surface area contributed by atoms with Crippen molar-refractivity contribution >= 4 is 0 Å². The van der Waals surface area contributed by atoms with Crippen molar-refractivity contribution in [1.29, 1.82) is 0 Å². The molecule has 1 heterocycles. The summed E-state index contributed by atoms with van der Waals surface area (Å²) >= 11 is 0. The van der Waals surface area contributed by atoms with Gasteiger partial charge in [-0.25, -0.2) is 0 Å². The number of alkyl halides is 3. The van der Waals surface area contributed by atoms with Crippen LogP contribution in [0.15, 0.2) is 18.3 Å². The van der Waals surface area contributed by atoms with Crippen molar-refractivity contribution in [1.82, 2.24) is 10.3 Å². The number of rotatable bonds is 6. The van der Waals surface area contributed by atoms with E-state index in [0.29, 0.717) is 18.5 Å². The van der Waals surface area contributed by atoms with E-state index in [1.807, 2.05) is 6.92 Å². The molecular formula is C14H17F3N2. The average Bonchev–Trinajstić information content (AvgIpc) is 2.38. The fourth-order valence-corrected chi connectivity index (χ4v) is 1.68. The van der Waals surface area contributed by atoms with Crippen LogP contribution < -0.4 is 5.32 Å². The van der Waals surface area contributed by atoms with Gasteiger partial charge in [0.1, 0.15) is 0 Å². The van der Waals surface area contributed by atoms with Gasteiger partial charge >= 0.3 is 6.18 Å². The molecule has 104 valence electrons. The van der Waals surface area contributed by atoms with Gasteiger partial charge in [0.05, 0.1) is 17.3 Å². The van der Waals surface area contributed by atoms with E-state index in [9.17, 15) is 13.2 Å². The largest absolute Gasteiger partial charge is 0.417 e. The number of nitrogens with zero attached hydrogens (tertiary/aromatic N) is 1. The Hall–Kier alpha value is -1.54. The van der Waals surface area contributed by atoms with E-state index in [2.05, 4.69) is 16.2 Å². The fourth-order valence-electron chi connectivity index (χ4n) is 1.68. The molecule has 1 aromatic rings. The van der Waals surface area contributed by atoms with Crippen LogP contribution in [0.4, 0.5) is 13.2 Å². The van der Waals surface area contributed by atoms with Gasteiger partial charge in [-0.15, -0.1) is 12.3 Å². The van der Waals surface area contributed by atoms with Gasteiger partial charge in [-0.1, -0.05) is 6.92 Å². The molecule has 19 heavy (non-hydrogen) atoms. The van der Waals surface area contributed by atoms with Crippen molar-refractivity contribution in [3.63, 3.8) is 0 Å². The summed E-state index contributed by atoms with van der Waals surface area (Å²) in [6.07, 6.45) is 3.89. The van der Waals surface area contributed by atoms with Crippen molar-refractivity contribution in [2.24, 2.45) is 0 Å². The van der Waals surface area contributed by atoms with Crippen molar-refractivity contribution in [2.75, 3.05) is 6.54 Å². The molecule has 1 aromatic heterocycles. The highest BCUT2D eigenvalue weighted by molar-refractivity contribution is 5.19. The zero-order chi connectivity index (χ0) is 14.3. The highest BCUT2D eigenvalue weighted by atomic mass is 19.4. The fraction of sp³-hybridized carbons (Fsp3) is 0.500. The van der Waals surface area contributed by atoms with Gasteiger partial charge < -0.3 is 5.32 Å². The summed E-state index contributed by atoms with van der Waals surface area (Å²) < 4.78 is 37.3. The van der Waals surface area contributed by atoms with Gasteiger partial charge in [-0.2, -0.15) is 13.2 Å². The summed E-state index contributed by atoms with van der Waals surface area (Å²) in [5.74, 6) is 2.53. The Morgan fingerprint density at radius 3 is 2.63 bits per heavy atom. The average molecular weight is 270 g/mol. The Morgan fingerprint density at radius 2 is 2.16 bits per heavy atom. The van der Waals surface area contributed by atoms with Crippen LogP contribution in [0.25, 0.3) is 0 Å². The first-order valence-electron chi connectivity index (χ1n) is 6.19. The smallest absolute Gasteiger partial charge is 0.309 e. The maximum atomic E-state index is 12.4. The molecular weight excluding hydrogens is 253 g/mol. The normalized spacial score (nSPS) is 13.0. The van der Waals surface area contributed by atoms with E-state index >= 15 is 0 Å². The number of hydrogen-bond acceptors (Lipinski definition) is 2. The second kappa shape index (κ2) is 7.15. The third-order valence-electron chi connectivity index (χ3n) is 2.69. The predicted molar refractivity (Wildman–Crippen MR) is 68.3 cm³/mol. The van der Waals surface area contributed by atoms with Crippen molar-refractivity contribution in [3.05, 3.63) is 29.6 Å². The number of halogens is 3. The Kier molecular flexibility index (Phi) is 5.84. The minimum atomic E-state index is -4.35. The Bertz CT molecular complexity index is 418. The molecule has 0 amide bonds. The summed E-state index contributed by atoms with van der Waals surface area (Å²) in [6, 6.07) is 2.36. The SMILES string of the molecule is C#CCCC(NCCC)c1ccc(C(F)(F)F)cn1. The van der Waals surface area contributed by atoms with Crippen LogP contribution in [0.3, 0.4) is 0 Å². The van der Waals surface area contributed by atoms with Crippen molar-refractivity contribution in [3.8, 4) is 12.3 Å². The van der Waals surface area contributed by atoms with Crippen LogP contribution in [-0.2, 0) is 6.18 Å². The van der Waals surface area contributed by atoms with Crippen LogP contribution in [0.1, 0.15) is 43.5 Å². The van der Waals surface area contributed by atoms with E-state index < -0.39 is 11.7 Å². The molecule has 0 aromatic carbocycles. The van der Waals surface area contributed by atoms with Gasteiger partial charge in [0.25, 0.3) is 0 Å². The van der Waals surface area contributed by atoms with Crippen LogP contribution in [-0.4, -0.2) is 11.5 Å². The zero-order valence-corrected chi connectivity index (χ0v) is 10.8. The van der Waals surface area contributed by atoms with E-state index in [1.165, 1.54) is 6.07 Å². The lowest BCUT2D eigenvalue weighted by molar-refractivity contribution is -0.137. The minimum Gasteiger partial charge on any atom is -0.309 e. The van der Waals surface area contributed by atoms with E-state index in [4.69, 9.17) is 6.42 Å². The number of hydrogen-bond donors (Lipinski definition) is 1. The van der Waals surface area contributed by atoms with E-state index in [1.54, 1.807) is 0 Å². The standard InChI is InChI=1S/C14H17F3N2/c1-3-5-6-12(18-9-4-2)13-8-7-11(10-19-13)14(15,16)17/h1,7-8,10,12,18H,4-6,9H2,2H3. The molecule has 0 aliphatic heterocycles. The van der Waals surface area contributed by atoms with Crippen molar-refractivity contribution < 1.29 is 13.2 Å². The first-order valence-corrected chi connectivity index (χ1v) is 6.19. The number of nitrogens with one attached hydrogen (secondary N) is 1. The van der Waals surface area contributed by atoms with Gasteiger partial charge in [0.2, 0.25) is 0 Å². The first kappa shape index (κ1) is 15.5. The topological polar surface area (TPSA) is 24.9 Å². The maximum absolute atomic E-state index is 12.4. The molecule has 0 fully saturated rings. The number of terminal acetylenes is 1. The van der Waals surface area contributed by atoms with Gasteiger partial charge in [0.15, 0.2) is 0 Å². The second-order valence-electron chi connectivity index (χ2n) is 4.22. The lowest BCUT2D eigenvalue weighted by Crippen LogP contribution is -2.23. The molecule has 5 heteroatoms. The van der Waals surface area contributed by atoms with Crippen molar-refractivity contribution in [2.45, 2.75) is 38.4 Å². The lowest BCUT2D eigenvalue weighted by Gasteiger charge is -2.17. The van der Waals surface area contributed by atoms with Gasteiger partial charge in [-0.3, -0.25) is 4.98 Å². The minimum absolute atomic E-state index is 0.0988. The predicted octanol–water partition coefficient (Wildman–Crippen LogP) is 3.55. The van der Waals surface area contributed by atoms with Gasteiger partial charge in [0, 0.05) is 12.6 Å². The first-order chi connectivity index (χ1) is 8.99. The molecule has 1 unspecified atom stereocenters. The second-order valence-corrected chi connectivity index (χ2v) is 4.22. The summed E-state index contributed by atoms with van der Waals surface area (Å²) in [5.41, 5.74) is -0.140. The van der Waals surface area contributed by atoms with E-state index in [-0.39, 0.29) is 6.04 Å². The number of pyridine rings is 1. The molecule has 2 nitrogen and oxygen atoms in total. The quantitative estimate of drug-likeness (QED) is 0.799. The summed E-state index contributed by atoms with van der Waals surface area (Å²) in [6.45, 7) is 2.80. The molecule has 0 saturated heterocycles. The summed E-state index contributed by atoms with van der Waals surface area (Å²) in [7, 11) is 0. The van der Waals surface area contributed by atoms with Crippen LogP contribution >= 0.6 is 0 Å². The molecule has 0 bridgehead atoms. The highest BCUT2D eigenvalue weighted by Crippen LogP contribution is 2.29. The molecule has 0 aliphatic carbocycles. The summed E-state index contributed by atoms with van der Waals surface area (Å²) in [4.78, 5) is 3.90. The molecule has 0 aliphatic rings. The third-order valence-corrected chi connectivity index (χ3v) is 2.69.